The number of nitrogens with one attached hydrogen (secondary N) is 2. The molecule has 148 valence electrons. The Morgan fingerprint density at radius 2 is 1.79 bits per heavy atom. The number of rotatable bonds is 4. The van der Waals surface area contributed by atoms with E-state index in [1.54, 1.807) is 36.2 Å². The van der Waals surface area contributed by atoms with Gasteiger partial charge in [-0.15, -0.1) is 0 Å². The Labute approximate surface area is 163 Å². The molecule has 0 aliphatic carbocycles. The van der Waals surface area contributed by atoms with Crippen LogP contribution in [0.25, 0.3) is 0 Å². The van der Waals surface area contributed by atoms with Gasteiger partial charge in [-0.05, 0) is 42.8 Å². The number of carbonyl (C=O) groups is 2. The minimum absolute atomic E-state index is 0.0756. The van der Waals surface area contributed by atoms with Gasteiger partial charge in [0.25, 0.3) is 0 Å². The number of hydrogen-bond acceptors (Lipinski definition) is 4. The van der Waals surface area contributed by atoms with Gasteiger partial charge in [-0.2, -0.15) is 0 Å². The first-order valence-corrected chi connectivity index (χ1v) is 9.17. The van der Waals surface area contributed by atoms with Crippen molar-refractivity contribution in [1.82, 2.24) is 14.8 Å². The first-order valence-electron chi connectivity index (χ1n) is 9.17. The molecular formula is C20H24FN5O2. The number of pyridine rings is 1. The molecule has 1 aromatic heterocycles. The van der Waals surface area contributed by atoms with Gasteiger partial charge in [0, 0.05) is 51.0 Å². The molecule has 1 aliphatic rings. The zero-order chi connectivity index (χ0) is 20.1. The van der Waals surface area contributed by atoms with Crippen LogP contribution in [0, 0.1) is 12.7 Å². The Morgan fingerprint density at radius 3 is 2.43 bits per heavy atom. The number of carbonyl (C=O) groups excluding carboxylic acids is 2. The van der Waals surface area contributed by atoms with Crippen LogP contribution in [-0.2, 0) is 11.3 Å². The molecule has 8 heteroatoms. The smallest absolute Gasteiger partial charge is 0.323 e. The maximum atomic E-state index is 14.0. The molecule has 0 unspecified atom stereocenters. The van der Waals surface area contributed by atoms with Gasteiger partial charge < -0.3 is 15.5 Å². The lowest BCUT2D eigenvalue weighted by Crippen LogP contribution is -2.47. The van der Waals surface area contributed by atoms with E-state index in [4.69, 9.17) is 0 Å². The minimum atomic E-state index is -0.461. The first-order chi connectivity index (χ1) is 13.4. The number of piperazine rings is 1. The number of aromatic nitrogens is 1. The van der Waals surface area contributed by atoms with Crippen LogP contribution in [0.3, 0.4) is 0 Å². The van der Waals surface area contributed by atoms with Crippen LogP contribution in [0.1, 0.15) is 18.2 Å². The Bertz CT molecular complexity index is 848. The van der Waals surface area contributed by atoms with Gasteiger partial charge in [0.2, 0.25) is 5.91 Å². The van der Waals surface area contributed by atoms with Gasteiger partial charge in [0.05, 0.1) is 11.9 Å². The number of benzene rings is 1. The number of hydrogen-bond donors (Lipinski definition) is 2. The van der Waals surface area contributed by atoms with Gasteiger partial charge in [-0.3, -0.25) is 14.7 Å². The first kappa shape index (κ1) is 19.8. The third-order valence-electron chi connectivity index (χ3n) is 4.61. The van der Waals surface area contributed by atoms with Gasteiger partial charge in [0.15, 0.2) is 0 Å². The second-order valence-electron chi connectivity index (χ2n) is 6.90. The topological polar surface area (TPSA) is 77.6 Å². The highest BCUT2D eigenvalue weighted by atomic mass is 19.1. The number of nitrogens with zero attached hydrogens (tertiary/aromatic N) is 3. The highest BCUT2D eigenvalue weighted by Crippen LogP contribution is 2.17. The molecule has 2 heterocycles. The van der Waals surface area contributed by atoms with E-state index in [9.17, 15) is 14.0 Å². The highest BCUT2D eigenvalue weighted by Gasteiger charge is 2.19. The minimum Gasteiger partial charge on any atom is -0.340 e. The van der Waals surface area contributed by atoms with E-state index < -0.39 is 11.8 Å². The van der Waals surface area contributed by atoms with E-state index in [0.29, 0.717) is 31.0 Å². The molecule has 0 saturated carbocycles. The number of anilines is 2. The quantitative estimate of drug-likeness (QED) is 0.848. The van der Waals surface area contributed by atoms with Crippen LogP contribution < -0.4 is 10.6 Å². The second kappa shape index (κ2) is 8.79. The molecular weight excluding hydrogens is 361 g/mol. The Morgan fingerprint density at radius 1 is 1.07 bits per heavy atom. The van der Waals surface area contributed by atoms with Crippen LogP contribution in [0.5, 0.6) is 0 Å². The lowest BCUT2D eigenvalue weighted by atomic mass is 10.1. The fourth-order valence-corrected chi connectivity index (χ4v) is 3.13. The molecule has 0 spiro atoms. The van der Waals surface area contributed by atoms with Crippen molar-refractivity contribution in [3.8, 4) is 0 Å². The van der Waals surface area contributed by atoms with E-state index in [1.165, 1.54) is 12.1 Å². The monoisotopic (exact) mass is 385 g/mol. The third kappa shape index (κ3) is 5.50. The van der Waals surface area contributed by atoms with Crippen molar-refractivity contribution >= 4 is 23.3 Å². The molecule has 0 atom stereocenters. The average Bonchev–Trinajstić information content (AvgIpc) is 2.63. The van der Waals surface area contributed by atoms with Crippen molar-refractivity contribution in [2.45, 2.75) is 20.4 Å². The lowest BCUT2D eigenvalue weighted by molar-refractivity contribution is -0.130. The van der Waals surface area contributed by atoms with E-state index in [0.717, 1.165) is 24.3 Å². The summed E-state index contributed by atoms with van der Waals surface area (Å²) in [5.41, 5.74) is 2.56. The summed E-state index contributed by atoms with van der Waals surface area (Å²) in [6.07, 6.45) is 1.56. The van der Waals surface area contributed by atoms with Gasteiger partial charge in [-0.25, -0.2) is 9.18 Å². The van der Waals surface area contributed by atoms with Crippen molar-refractivity contribution < 1.29 is 14.0 Å². The van der Waals surface area contributed by atoms with E-state index in [2.05, 4.69) is 20.5 Å². The average molecular weight is 385 g/mol. The molecule has 1 aromatic carbocycles. The number of aryl methyl sites for hydroxylation is 1. The zero-order valence-corrected chi connectivity index (χ0v) is 16.0. The van der Waals surface area contributed by atoms with Crippen LogP contribution in [0.15, 0.2) is 36.5 Å². The molecule has 7 nitrogen and oxygen atoms in total. The summed E-state index contributed by atoms with van der Waals surface area (Å²) in [5, 5.41) is 5.33. The fourth-order valence-electron chi connectivity index (χ4n) is 3.13. The Hall–Kier alpha value is -3.00. The van der Waals surface area contributed by atoms with Crippen molar-refractivity contribution in [3.63, 3.8) is 0 Å². The third-order valence-corrected chi connectivity index (χ3v) is 4.61. The Kier molecular flexibility index (Phi) is 6.20. The second-order valence-corrected chi connectivity index (χ2v) is 6.90. The molecule has 3 amide bonds. The molecule has 1 saturated heterocycles. The van der Waals surface area contributed by atoms with E-state index in [-0.39, 0.29) is 5.91 Å². The standard InChI is InChI=1S/C20H24FN5O2/c1-14-3-4-18(12-22-14)23-20(28)24-19-10-16(9-17(21)11-19)13-25-5-7-26(8-6-25)15(2)27/h3-4,9-12H,5-8,13H2,1-2H3,(H2,23,24,28). The lowest BCUT2D eigenvalue weighted by Gasteiger charge is -2.34. The van der Waals surface area contributed by atoms with Gasteiger partial charge in [-0.1, -0.05) is 0 Å². The van der Waals surface area contributed by atoms with Crippen molar-refractivity contribution in [2.24, 2.45) is 0 Å². The van der Waals surface area contributed by atoms with Gasteiger partial charge in [0.1, 0.15) is 5.82 Å². The van der Waals surface area contributed by atoms with E-state index in [1.807, 2.05) is 6.92 Å². The molecule has 1 fully saturated rings. The summed E-state index contributed by atoms with van der Waals surface area (Å²) in [6, 6.07) is 7.58. The molecule has 0 bridgehead atoms. The van der Waals surface area contributed by atoms with E-state index >= 15 is 0 Å². The van der Waals surface area contributed by atoms with Crippen molar-refractivity contribution in [2.75, 3.05) is 36.8 Å². The highest BCUT2D eigenvalue weighted by molar-refractivity contribution is 5.99. The van der Waals surface area contributed by atoms with Crippen LogP contribution in [0.2, 0.25) is 0 Å². The maximum Gasteiger partial charge on any atom is 0.323 e. The molecule has 3 rings (SSSR count). The fraction of sp³-hybridized carbons (Fsp3) is 0.350. The molecule has 2 aromatic rings. The summed E-state index contributed by atoms with van der Waals surface area (Å²) in [4.78, 5) is 31.7. The summed E-state index contributed by atoms with van der Waals surface area (Å²) < 4.78 is 14.0. The molecule has 28 heavy (non-hydrogen) atoms. The van der Waals surface area contributed by atoms with Crippen molar-refractivity contribution in [1.29, 1.82) is 0 Å². The predicted octanol–water partition coefficient (Wildman–Crippen LogP) is 2.84. The number of amides is 3. The summed E-state index contributed by atoms with van der Waals surface area (Å²) in [7, 11) is 0. The largest absolute Gasteiger partial charge is 0.340 e. The van der Waals surface area contributed by atoms with Crippen molar-refractivity contribution in [3.05, 3.63) is 53.6 Å². The molecule has 0 radical (unpaired) electrons. The van der Waals surface area contributed by atoms with Crippen LogP contribution in [-0.4, -0.2) is 52.9 Å². The predicted molar refractivity (Wildman–Crippen MR) is 106 cm³/mol. The number of urea groups is 1. The normalized spacial score (nSPS) is 14.6. The number of halogens is 1. The summed E-state index contributed by atoms with van der Waals surface area (Å²) >= 11 is 0. The zero-order valence-electron chi connectivity index (χ0n) is 16.0. The van der Waals surface area contributed by atoms with Crippen LogP contribution >= 0.6 is 0 Å². The van der Waals surface area contributed by atoms with Crippen LogP contribution in [0.4, 0.5) is 20.6 Å². The van der Waals surface area contributed by atoms with Gasteiger partial charge >= 0.3 is 6.03 Å². The molecule has 2 N–H and O–H groups in total. The summed E-state index contributed by atoms with van der Waals surface area (Å²) in [6.45, 7) is 6.79. The maximum absolute atomic E-state index is 14.0. The summed E-state index contributed by atoms with van der Waals surface area (Å²) in [5.74, 6) is -0.334. The Balaban J connectivity index is 1.59. The SMILES string of the molecule is CC(=O)N1CCN(Cc2cc(F)cc(NC(=O)Nc3ccc(C)nc3)c2)CC1. The molecule has 1 aliphatic heterocycles.